The molecule has 3 aromatic rings. The van der Waals surface area contributed by atoms with E-state index in [4.69, 9.17) is 9.15 Å². The summed E-state index contributed by atoms with van der Waals surface area (Å²) in [7, 11) is 3.54. The van der Waals surface area contributed by atoms with Gasteiger partial charge in [0.1, 0.15) is 12.3 Å². The Bertz CT molecular complexity index is 1040. The highest BCUT2D eigenvalue weighted by Crippen LogP contribution is 2.14. The first kappa shape index (κ1) is 26.3. The van der Waals surface area contributed by atoms with Crippen LogP contribution >= 0.6 is 0 Å². The summed E-state index contributed by atoms with van der Waals surface area (Å²) in [4.78, 5) is 30.1. The second kappa shape index (κ2) is 13.5. The summed E-state index contributed by atoms with van der Waals surface area (Å²) in [6.07, 6.45) is 8.08. The number of rotatable bonds is 14. The fraction of sp³-hybridized carbons (Fsp3) is 0.429. The lowest BCUT2D eigenvalue weighted by atomic mass is 10.0. The van der Waals surface area contributed by atoms with Crippen molar-refractivity contribution in [1.82, 2.24) is 14.4 Å². The van der Waals surface area contributed by atoms with E-state index in [0.717, 1.165) is 18.5 Å². The molecule has 2 heterocycles. The minimum absolute atomic E-state index is 0.0361. The van der Waals surface area contributed by atoms with Crippen LogP contribution in [-0.2, 0) is 36.1 Å². The third-order valence-electron chi connectivity index (χ3n) is 6.13. The molecule has 2 aromatic heterocycles. The summed E-state index contributed by atoms with van der Waals surface area (Å²) in [5.41, 5.74) is 2.80. The van der Waals surface area contributed by atoms with Crippen molar-refractivity contribution >= 4 is 11.8 Å². The molecule has 3 rings (SSSR count). The van der Waals surface area contributed by atoms with Gasteiger partial charge in [0.05, 0.1) is 26.0 Å². The molecule has 35 heavy (non-hydrogen) atoms. The molecule has 2 amide bonds. The quantitative estimate of drug-likeness (QED) is 0.315. The van der Waals surface area contributed by atoms with E-state index in [-0.39, 0.29) is 18.4 Å². The van der Waals surface area contributed by atoms with Gasteiger partial charge < -0.3 is 23.5 Å². The average Bonchev–Trinajstić information content (AvgIpc) is 3.53. The second-order valence-corrected chi connectivity index (χ2v) is 8.81. The molecule has 0 saturated heterocycles. The summed E-state index contributed by atoms with van der Waals surface area (Å²) in [6, 6.07) is 15.3. The van der Waals surface area contributed by atoms with Crippen molar-refractivity contribution in [3.05, 3.63) is 83.6 Å². The highest BCUT2D eigenvalue weighted by Gasteiger charge is 2.24. The van der Waals surface area contributed by atoms with Gasteiger partial charge >= 0.3 is 0 Å². The first-order valence-corrected chi connectivity index (χ1v) is 12.3. The SMILES string of the molecule is CCCCCc1ccc(C(=O)N(CCOC)CC(=O)N(Cc2ccco2)Cc2cccn2C)cc1. The second-order valence-electron chi connectivity index (χ2n) is 8.81. The van der Waals surface area contributed by atoms with Crippen molar-refractivity contribution in [2.75, 3.05) is 26.8 Å². The van der Waals surface area contributed by atoms with Gasteiger partial charge in [0.25, 0.3) is 5.91 Å². The number of ether oxygens (including phenoxy) is 1. The van der Waals surface area contributed by atoms with Gasteiger partial charge in [0, 0.05) is 38.2 Å². The van der Waals surface area contributed by atoms with E-state index in [2.05, 4.69) is 6.92 Å². The first-order chi connectivity index (χ1) is 17.0. The number of carbonyl (C=O) groups is 2. The Morgan fingerprint density at radius 2 is 1.80 bits per heavy atom. The number of amides is 2. The van der Waals surface area contributed by atoms with Gasteiger partial charge in [-0.15, -0.1) is 0 Å². The molecule has 0 bridgehead atoms. The van der Waals surface area contributed by atoms with Crippen LogP contribution in [0.5, 0.6) is 0 Å². The van der Waals surface area contributed by atoms with E-state index in [1.807, 2.05) is 60.3 Å². The van der Waals surface area contributed by atoms with E-state index in [9.17, 15) is 9.59 Å². The maximum absolute atomic E-state index is 13.5. The Kier molecular flexibility index (Phi) is 10.2. The van der Waals surface area contributed by atoms with Gasteiger partial charge in [0.2, 0.25) is 5.91 Å². The number of hydrogen-bond donors (Lipinski definition) is 0. The Balaban J connectivity index is 1.73. The third kappa shape index (κ3) is 7.86. The van der Waals surface area contributed by atoms with Gasteiger partial charge in [-0.3, -0.25) is 9.59 Å². The number of aromatic nitrogens is 1. The van der Waals surface area contributed by atoms with Crippen LogP contribution < -0.4 is 0 Å². The van der Waals surface area contributed by atoms with Gasteiger partial charge in [-0.25, -0.2) is 0 Å². The van der Waals surface area contributed by atoms with Crippen molar-refractivity contribution in [3.63, 3.8) is 0 Å². The molecule has 0 unspecified atom stereocenters. The van der Waals surface area contributed by atoms with Crippen molar-refractivity contribution < 1.29 is 18.7 Å². The van der Waals surface area contributed by atoms with Crippen molar-refractivity contribution in [3.8, 4) is 0 Å². The normalized spacial score (nSPS) is 10.9. The summed E-state index contributed by atoms with van der Waals surface area (Å²) in [5.74, 6) is 0.372. The van der Waals surface area contributed by atoms with E-state index in [1.54, 1.807) is 29.2 Å². The Morgan fingerprint density at radius 3 is 2.43 bits per heavy atom. The molecular formula is C28H37N3O4. The zero-order valence-electron chi connectivity index (χ0n) is 21.1. The molecule has 188 valence electrons. The number of hydrogen-bond acceptors (Lipinski definition) is 4. The minimum Gasteiger partial charge on any atom is -0.467 e. The van der Waals surface area contributed by atoms with E-state index in [0.29, 0.717) is 37.6 Å². The Morgan fingerprint density at radius 1 is 1.00 bits per heavy atom. The fourth-order valence-corrected chi connectivity index (χ4v) is 3.97. The summed E-state index contributed by atoms with van der Waals surface area (Å²) >= 11 is 0. The summed E-state index contributed by atoms with van der Waals surface area (Å²) in [5, 5.41) is 0. The van der Waals surface area contributed by atoms with Crippen LogP contribution in [-0.4, -0.2) is 53.0 Å². The van der Waals surface area contributed by atoms with Gasteiger partial charge in [-0.05, 0) is 54.8 Å². The van der Waals surface area contributed by atoms with Crippen LogP contribution in [0.25, 0.3) is 0 Å². The molecule has 0 aliphatic carbocycles. The zero-order chi connectivity index (χ0) is 25.0. The molecule has 7 heteroatoms. The summed E-state index contributed by atoms with van der Waals surface area (Å²) in [6.45, 7) is 3.58. The molecule has 0 spiro atoms. The lowest BCUT2D eigenvalue weighted by molar-refractivity contribution is -0.133. The van der Waals surface area contributed by atoms with Crippen LogP contribution in [0.3, 0.4) is 0 Å². The largest absolute Gasteiger partial charge is 0.467 e. The lowest BCUT2D eigenvalue weighted by Crippen LogP contribution is -2.43. The minimum atomic E-state index is -0.174. The Hall–Kier alpha value is -3.32. The maximum Gasteiger partial charge on any atom is 0.254 e. The molecule has 0 atom stereocenters. The summed E-state index contributed by atoms with van der Waals surface area (Å²) < 4.78 is 12.7. The Labute approximate surface area is 208 Å². The third-order valence-corrected chi connectivity index (χ3v) is 6.13. The fourth-order valence-electron chi connectivity index (χ4n) is 3.97. The monoisotopic (exact) mass is 479 g/mol. The van der Waals surface area contributed by atoms with Crippen LogP contribution in [0, 0.1) is 0 Å². The molecule has 0 fully saturated rings. The molecule has 0 saturated carbocycles. The lowest BCUT2D eigenvalue weighted by Gasteiger charge is -2.27. The number of nitrogens with zero attached hydrogens (tertiary/aromatic N) is 3. The van der Waals surface area contributed by atoms with Crippen LogP contribution in [0.1, 0.15) is 53.6 Å². The van der Waals surface area contributed by atoms with Gasteiger partial charge in [-0.1, -0.05) is 31.9 Å². The molecule has 0 radical (unpaired) electrons. The van der Waals surface area contributed by atoms with E-state index in [1.165, 1.54) is 18.4 Å². The number of benzene rings is 1. The molecule has 0 aliphatic heterocycles. The van der Waals surface area contributed by atoms with Gasteiger partial charge in [-0.2, -0.15) is 0 Å². The average molecular weight is 480 g/mol. The predicted octanol–water partition coefficient (Wildman–Crippen LogP) is 4.67. The number of unbranched alkanes of at least 4 members (excludes halogenated alkanes) is 2. The first-order valence-electron chi connectivity index (χ1n) is 12.3. The van der Waals surface area contributed by atoms with Crippen LogP contribution in [0.2, 0.25) is 0 Å². The molecule has 7 nitrogen and oxygen atoms in total. The van der Waals surface area contributed by atoms with E-state index >= 15 is 0 Å². The smallest absolute Gasteiger partial charge is 0.254 e. The molecule has 1 aromatic carbocycles. The van der Waals surface area contributed by atoms with Crippen molar-refractivity contribution in [1.29, 1.82) is 0 Å². The van der Waals surface area contributed by atoms with Crippen molar-refractivity contribution in [2.24, 2.45) is 7.05 Å². The topological polar surface area (TPSA) is 67.9 Å². The zero-order valence-corrected chi connectivity index (χ0v) is 21.1. The van der Waals surface area contributed by atoms with Crippen molar-refractivity contribution in [2.45, 2.75) is 45.7 Å². The highest BCUT2D eigenvalue weighted by molar-refractivity contribution is 5.96. The molecule has 0 aliphatic rings. The number of furan rings is 1. The highest BCUT2D eigenvalue weighted by atomic mass is 16.5. The standard InChI is InChI=1S/C28H37N3O4/c1-4-5-6-9-23-12-14-24(15-13-23)28(33)30(17-19-34-3)22-27(32)31(21-26-11-8-18-35-26)20-25-10-7-16-29(25)2/h7-8,10-16,18H,4-6,9,17,19-22H2,1-3H3. The van der Waals surface area contributed by atoms with E-state index < -0.39 is 0 Å². The van der Waals surface area contributed by atoms with Gasteiger partial charge in [0.15, 0.2) is 0 Å². The number of carbonyl (C=O) groups excluding carboxylic acids is 2. The number of aryl methyl sites for hydroxylation is 2. The van der Waals surface area contributed by atoms with Crippen LogP contribution in [0.15, 0.2) is 65.4 Å². The van der Waals surface area contributed by atoms with Crippen LogP contribution in [0.4, 0.5) is 0 Å². The predicted molar refractivity (Wildman–Crippen MR) is 136 cm³/mol. The number of methoxy groups -OCH3 is 1. The maximum atomic E-state index is 13.5. The molecule has 0 N–H and O–H groups in total. The molecular weight excluding hydrogens is 442 g/mol.